The van der Waals surface area contributed by atoms with Crippen LogP contribution in [0, 0.1) is 16.7 Å². The number of hydrogen-bond acceptors (Lipinski definition) is 1. The first-order valence-electron chi connectivity index (χ1n) is 8.54. The lowest BCUT2D eigenvalue weighted by atomic mass is 9.57. The summed E-state index contributed by atoms with van der Waals surface area (Å²) in [5, 5.41) is 11.6. The standard InChI is InChI=1S/C20H30O/c1-14(2)16-8-11-18(4)13-20(21)15(3)7-6-10-19(20,5)12-9-17(16)18/h8-9,14,21H,3,6-7,10-13H2,1-2,4-5H3/t18-,19+,20+/m1/s1. The summed E-state index contributed by atoms with van der Waals surface area (Å²) in [5.74, 6) is 0.573. The molecule has 0 saturated heterocycles. The first-order valence-corrected chi connectivity index (χ1v) is 8.54. The van der Waals surface area contributed by atoms with Gasteiger partial charge in [-0.3, -0.25) is 0 Å². The van der Waals surface area contributed by atoms with Crippen molar-refractivity contribution in [2.24, 2.45) is 16.7 Å². The molecule has 0 amide bonds. The third kappa shape index (κ3) is 2.00. The summed E-state index contributed by atoms with van der Waals surface area (Å²) in [6.07, 6.45) is 11.0. The van der Waals surface area contributed by atoms with Gasteiger partial charge in [0, 0.05) is 5.41 Å². The fourth-order valence-corrected chi connectivity index (χ4v) is 5.02. The molecule has 1 nitrogen and oxygen atoms in total. The second-order valence-corrected chi connectivity index (χ2v) is 8.46. The predicted molar refractivity (Wildman–Crippen MR) is 89.0 cm³/mol. The quantitative estimate of drug-likeness (QED) is 0.659. The van der Waals surface area contributed by atoms with Gasteiger partial charge in [0.25, 0.3) is 0 Å². The number of hydrogen-bond donors (Lipinski definition) is 1. The van der Waals surface area contributed by atoms with E-state index in [2.05, 4.69) is 46.4 Å². The summed E-state index contributed by atoms with van der Waals surface area (Å²) >= 11 is 0. The van der Waals surface area contributed by atoms with Gasteiger partial charge >= 0.3 is 0 Å². The molecule has 1 fully saturated rings. The minimum absolute atomic E-state index is 0.0369. The van der Waals surface area contributed by atoms with Crippen LogP contribution in [0.4, 0.5) is 0 Å². The van der Waals surface area contributed by atoms with Gasteiger partial charge in [-0.2, -0.15) is 0 Å². The third-order valence-corrected chi connectivity index (χ3v) is 6.55. The second kappa shape index (κ2) is 4.59. The van der Waals surface area contributed by atoms with E-state index in [0.717, 1.165) is 37.7 Å². The van der Waals surface area contributed by atoms with Crippen molar-refractivity contribution in [2.75, 3.05) is 0 Å². The topological polar surface area (TPSA) is 20.2 Å². The van der Waals surface area contributed by atoms with E-state index in [1.807, 2.05) is 0 Å². The van der Waals surface area contributed by atoms with Gasteiger partial charge in [0.2, 0.25) is 0 Å². The number of rotatable bonds is 1. The largest absolute Gasteiger partial charge is 0.385 e. The Kier molecular flexibility index (Phi) is 3.30. The van der Waals surface area contributed by atoms with E-state index in [0.29, 0.717) is 5.92 Å². The molecule has 0 radical (unpaired) electrons. The first-order chi connectivity index (χ1) is 9.72. The van der Waals surface area contributed by atoms with Crippen LogP contribution in [0.15, 0.2) is 35.5 Å². The van der Waals surface area contributed by atoms with Crippen LogP contribution in [0.1, 0.15) is 66.2 Å². The van der Waals surface area contributed by atoms with Crippen LogP contribution in [0.5, 0.6) is 0 Å². The minimum Gasteiger partial charge on any atom is -0.385 e. The Bertz CT molecular complexity index is 538. The zero-order chi connectivity index (χ0) is 15.5. The summed E-state index contributed by atoms with van der Waals surface area (Å²) in [6.45, 7) is 13.5. The molecule has 0 bridgehead atoms. The fraction of sp³-hybridized carbons (Fsp3) is 0.700. The molecule has 1 N–H and O–H groups in total. The summed E-state index contributed by atoms with van der Waals surface area (Å²) < 4.78 is 0. The lowest BCUT2D eigenvalue weighted by molar-refractivity contribution is -0.0833. The summed E-state index contributed by atoms with van der Waals surface area (Å²) in [6, 6.07) is 0. The highest BCUT2D eigenvalue weighted by Crippen LogP contribution is 2.60. The molecule has 3 atom stereocenters. The SMILES string of the molecule is C=C1CCC[C@@]2(C)CC=C3C(C(C)C)=CC[C@]3(C)C[C@]12O. The number of allylic oxidation sites excluding steroid dienone is 4. The van der Waals surface area contributed by atoms with Crippen molar-refractivity contribution in [1.82, 2.24) is 0 Å². The molecule has 0 heterocycles. The van der Waals surface area contributed by atoms with E-state index < -0.39 is 5.60 Å². The van der Waals surface area contributed by atoms with Gasteiger partial charge in [-0.25, -0.2) is 0 Å². The van der Waals surface area contributed by atoms with Crippen LogP contribution in [0.2, 0.25) is 0 Å². The lowest BCUT2D eigenvalue weighted by Gasteiger charge is -2.51. The van der Waals surface area contributed by atoms with E-state index >= 15 is 0 Å². The van der Waals surface area contributed by atoms with E-state index in [1.54, 1.807) is 0 Å². The van der Waals surface area contributed by atoms with Gasteiger partial charge in [0.15, 0.2) is 0 Å². The van der Waals surface area contributed by atoms with Crippen molar-refractivity contribution in [3.63, 3.8) is 0 Å². The van der Waals surface area contributed by atoms with E-state index in [1.165, 1.54) is 17.6 Å². The smallest absolute Gasteiger partial charge is 0.0918 e. The Balaban J connectivity index is 2.06. The lowest BCUT2D eigenvalue weighted by Crippen LogP contribution is -2.51. The summed E-state index contributed by atoms with van der Waals surface area (Å²) in [7, 11) is 0. The minimum atomic E-state index is -0.696. The van der Waals surface area contributed by atoms with Gasteiger partial charge in [-0.15, -0.1) is 0 Å². The molecule has 3 aliphatic carbocycles. The maximum absolute atomic E-state index is 11.6. The fourth-order valence-electron chi connectivity index (χ4n) is 5.02. The predicted octanol–water partition coefficient (Wildman–Crippen LogP) is 5.18. The Morgan fingerprint density at radius 2 is 1.90 bits per heavy atom. The molecule has 0 aliphatic heterocycles. The van der Waals surface area contributed by atoms with Gasteiger partial charge < -0.3 is 5.11 Å². The molecular weight excluding hydrogens is 256 g/mol. The molecule has 0 aromatic rings. The molecule has 1 heteroatoms. The molecule has 3 aliphatic rings. The van der Waals surface area contributed by atoms with Crippen LogP contribution in [0.3, 0.4) is 0 Å². The normalized spacial score (nSPS) is 43.0. The Morgan fingerprint density at radius 1 is 1.19 bits per heavy atom. The van der Waals surface area contributed by atoms with Crippen molar-refractivity contribution in [3.8, 4) is 0 Å². The summed E-state index contributed by atoms with van der Waals surface area (Å²) in [5.41, 5.74) is 3.45. The first kappa shape index (κ1) is 15.1. The Hall–Kier alpha value is -0.820. The van der Waals surface area contributed by atoms with E-state index in [-0.39, 0.29) is 10.8 Å². The van der Waals surface area contributed by atoms with Crippen LogP contribution in [-0.2, 0) is 0 Å². The zero-order valence-corrected chi connectivity index (χ0v) is 14.1. The molecule has 0 spiro atoms. The Labute approximate surface area is 129 Å². The van der Waals surface area contributed by atoms with Gasteiger partial charge in [-0.1, -0.05) is 46.4 Å². The average Bonchev–Trinajstić information content (AvgIpc) is 2.67. The maximum Gasteiger partial charge on any atom is 0.0918 e. The second-order valence-electron chi connectivity index (χ2n) is 8.46. The van der Waals surface area contributed by atoms with Crippen LogP contribution >= 0.6 is 0 Å². The third-order valence-electron chi connectivity index (χ3n) is 6.55. The van der Waals surface area contributed by atoms with Crippen molar-refractivity contribution in [3.05, 3.63) is 35.5 Å². The van der Waals surface area contributed by atoms with Gasteiger partial charge in [0.1, 0.15) is 0 Å². The Morgan fingerprint density at radius 3 is 2.57 bits per heavy atom. The molecule has 0 unspecified atom stereocenters. The number of fused-ring (bicyclic) bond motifs is 2. The van der Waals surface area contributed by atoms with E-state index in [4.69, 9.17) is 0 Å². The molecule has 0 aromatic carbocycles. The zero-order valence-electron chi connectivity index (χ0n) is 14.1. The van der Waals surface area contributed by atoms with Gasteiger partial charge in [0.05, 0.1) is 5.60 Å². The monoisotopic (exact) mass is 286 g/mol. The molecular formula is C20H30O. The van der Waals surface area contributed by atoms with Crippen molar-refractivity contribution >= 4 is 0 Å². The molecule has 21 heavy (non-hydrogen) atoms. The molecule has 3 rings (SSSR count). The summed E-state index contributed by atoms with van der Waals surface area (Å²) in [4.78, 5) is 0. The number of aliphatic hydroxyl groups is 1. The highest BCUT2D eigenvalue weighted by molar-refractivity contribution is 5.46. The van der Waals surface area contributed by atoms with Gasteiger partial charge in [-0.05, 0) is 66.6 Å². The molecule has 1 saturated carbocycles. The highest BCUT2D eigenvalue weighted by atomic mass is 16.3. The van der Waals surface area contributed by atoms with Crippen LogP contribution in [0.25, 0.3) is 0 Å². The molecule has 116 valence electrons. The van der Waals surface area contributed by atoms with Crippen molar-refractivity contribution < 1.29 is 5.11 Å². The molecule has 0 aromatic heterocycles. The van der Waals surface area contributed by atoms with Crippen molar-refractivity contribution in [2.45, 2.75) is 71.8 Å². The van der Waals surface area contributed by atoms with E-state index in [9.17, 15) is 5.11 Å². The average molecular weight is 286 g/mol. The highest BCUT2D eigenvalue weighted by Gasteiger charge is 2.56. The van der Waals surface area contributed by atoms with Crippen LogP contribution < -0.4 is 0 Å². The van der Waals surface area contributed by atoms with Crippen molar-refractivity contribution in [1.29, 1.82) is 0 Å². The maximum atomic E-state index is 11.6. The van der Waals surface area contributed by atoms with Crippen LogP contribution in [-0.4, -0.2) is 10.7 Å².